The minimum Gasteiger partial charge on any atom is -0.319 e. The first-order chi connectivity index (χ1) is 9.80. The van der Waals surface area contributed by atoms with Crippen molar-refractivity contribution in [3.8, 4) is 0 Å². The predicted octanol–water partition coefficient (Wildman–Crippen LogP) is 3.41. The molecule has 1 aromatic rings. The zero-order valence-corrected chi connectivity index (χ0v) is 13.3. The van der Waals surface area contributed by atoms with Crippen LogP contribution in [-0.4, -0.2) is 23.6 Å². The second-order valence-corrected chi connectivity index (χ2v) is 5.85. The molecule has 0 bridgehead atoms. The van der Waals surface area contributed by atoms with Gasteiger partial charge < -0.3 is 5.32 Å². The highest BCUT2D eigenvalue weighted by atomic mass is 14.9. The van der Waals surface area contributed by atoms with E-state index in [1.165, 1.54) is 49.1 Å². The summed E-state index contributed by atoms with van der Waals surface area (Å²) < 4.78 is 0. The van der Waals surface area contributed by atoms with Gasteiger partial charge in [-0.25, -0.2) is 9.97 Å². The van der Waals surface area contributed by atoms with Crippen LogP contribution in [0.2, 0.25) is 0 Å². The summed E-state index contributed by atoms with van der Waals surface area (Å²) >= 11 is 0. The molecule has 0 amide bonds. The topological polar surface area (TPSA) is 37.8 Å². The molecule has 0 atom stereocenters. The van der Waals surface area contributed by atoms with Gasteiger partial charge in [0, 0.05) is 17.3 Å². The molecule has 1 aromatic heterocycles. The Bertz CT molecular complexity index is 397. The van der Waals surface area contributed by atoms with E-state index in [2.05, 4.69) is 19.2 Å². The molecule has 20 heavy (non-hydrogen) atoms. The fourth-order valence-corrected chi connectivity index (χ4v) is 3.27. The molecule has 1 heterocycles. The summed E-state index contributed by atoms with van der Waals surface area (Å²) in [5.74, 6) is 1.74. The zero-order chi connectivity index (χ0) is 14.4. The molecule has 0 aromatic carbocycles. The van der Waals surface area contributed by atoms with Gasteiger partial charge in [-0.2, -0.15) is 0 Å². The van der Waals surface area contributed by atoms with Crippen molar-refractivity contribution in [3.63, 3.8) is 0 Å². The maximum absolute atomic E-state index is 4.94. The van der Waals surface area contributed by atoms with Crippen LogP contribution < -0.4 is 5.32 Å². The summed E-state index contributed by atoms with van der Waals surface area (Å²) in [5, 5.41) is 3.24. The second-order valence-electron chi connectivity index (χ2n) is 5.85. The molecule has 112 valence electrons. The molecule has 3 heteroatoms. The van der Waals surface area contributed by atoms with Gasteiger partial charge in [-0.05, 0) is 51.3 Å². The van der Waals surface area contributed by atoms with E-state index in [0.717, 1.165) is 31.6 Å². The van der Waals surface area contributed by atoms with E-state index in [1.54, 1.807) is 0 Å². The number of nitrogens with one attached hydrogen (secondary N) is 1. The van der Waals surface area contributed by atoms with Crippen molar-refractivity contribution < 1.29 is 0 Å². The van der Waals surface area contributed by atoms with Gasteiger partial charge in [0.05, 0.1) is 0 Å². The van der Waals surface area contributed by atoms with Crippen molar-refractivity contribution >= 4 is 0 Å². The number of hydrogen-bond acceptors (Lipinski definition) is 3. The summed E-state index contributed by atoms with van der Waals surface area (Å²) in [6.07, 6.45) is 9.73. The van der Waals surface area contributed by atoms with E-state index in [4.69, 9.17) is 9.97 Å². The largest absolute Gasteiger partial charge is 0.319 e. The third kappa shape index (κ3) is 3.57. The number of hydrogen-bond donors (Lipinski definition) is 1. The number of aromatic nitrogens is 2. The predicted molar refractivity (Wildman–Crippen MR) is 84.2 cm³/mol. The molecule has 0 spiro atoms. The van der Waals surface area contributed by atoms with Crippen LogP contribution in [-0.2, 0) is 19.3 Å². The zero-order valence-electron chi connectivity index (χ0n) is 13.3. The number of aryl methyl sites for hydroxylation is 2. The Morgan fingerprint density at radius 3 is 2.10 bits per heavy atom. The summed E-state index contributed by atoms with van der Waals surface area (Å²) in [6, 6.07) is 0. The Hall–Kier alpha value is -0.960. The third-order valence-electron chi connectivity index (χ3n) is 4.46. The lowest BCUT2D eigenvalue weighted by Gasteiger charge is -2.22. The molecular formula is C17H29N3. The molecule has 0 saturated heterocycles. The lowest BCUT2D eigenvalue weighted by molar-refractivity contribution is 0.426. The minimum absolute atomic E-state index is 0.609. The van der Waals surface area contributed by atoms with Crippen molar-refractivity contribution in [2.75, 3.05) is 13.6 Å². The van der Waals surface area contributed by atoms with Crippen molar-refractivity contribution in [3.05, 3.63) is 22.8 Å². The Morgan fingerprint density at radius 2 is 1.60 bits per heavy atom. The molecular weight excluding hydrogens is 246 g/mol. The smallest absolute Gasteiger partial charge is 0.131 e. The van der Waals surface area contributed by atoms with Gasteiger partial charge in [0.2, 0.25) is 0 Å². The van der Waals surface area contributed by atoms with Crippen molar-refractivity contribution in [2.45, 2.75) is 71.1 Å². The van der Waals surface area contributed by atoms with Crippen LogP contribution in [0.25, 0.3) is 0 Å². The molecule has 1 N–H and O–H groups in total. The van der Waals surface area contributed by atoms with E-state index in [0.29, 0.717) is 5.92 Å². The summed E-state index contributed by atoms with van der Waals surface area (Å²) in [5.41, 5.74) is 3.96. The van der Waals surface area contributed by atoms with Gasteiger partial charge in [-0.15, -0.1) is 0 Å². The quantitative estimate of drug-likeness (QED) is 0.864. The minimum atomic E-state index is 0.609. The molecule has 1 aliphatic carbocycles. The molecule has 1 saturated carbocycles. The maximum atomic E-state index is 4.94. The van der Waals surface area contributed by atoms with Crippen LogP contribution in [0.5, 0.6) is 0 Å². The van der Waals surface area contributed by atoms with Gasteiger partial charge in [-0.3, -0.25) is 0 Å². The van der Waals surface area contributed by atoms with E-state index in [1.807, 2.05) is 7.05 Å². The number of rotatable bonds is 6. The molecule has 0 unspecified atom stereocenters. The van der Waals surface area contributed by atoms with E-state index in [9.17, 15) is 0 Å². The molecule has 3 nitrogen and oxygen atoms in total. The van der Waals surface area contributed by atoms with Crippen molar-refractivity contribution in [2.24, 2.45) is 0 Å². The normalized spacial score (nSPS) is 16.6. The average molecular weight is 275 g/mol. The fraction of sp³-hybridized carbons (Fsp3) is 0.765. The van der Waals surface area contributed by atoms with Gasteiger partial charge in [0.1, 0.15) is 5.82 Å². The Morgan fingerprint density at radius 1 is 1.00 bits per heavy atom. The van der Waals surface area contributed by atoms with Crippen LogP contribution in [0.4, 0.5) is 0 Å². The van der Waals surface area contributed by atoms with Crippen LogP contribution >= 0.6 is 0 Å². The van der Waals surface area contributed by atoms with Crippen molar-refractivity contribution in [1.82, 2.24) is 15.3 Å². The first-order valence-electron chi connectivity index (χ1n) is 8.33. The first kappa shape index (κ1) is 15.4. The van der Waals surface area contributed by atoms with Gasteiger partial charge >= 0.3 is 0 Å². The summed E-state index contributed by atoms with van der Waals surface area (Å²) in [4.78, 5) is 9.87. The van der Waals surface area contributed by atoms with Crippen LogP contribution in [0.3, 0.4) is 0 Å². The molecule has 2 rings (SSSR count). The SMILES string of the molecule is CCc1nc(C2CCCCC2)nc(CC)c1CCNC. The highest BCUT2D eigenvalue weighted by Gasteiger charge is 2.21. The second kappa shape index (κ2) is 7.72. The number of likely N-dealkylation sites (N-methyl/N-ethyl adjacent to an activating group) is 1. The molecule has 1 fully saturated rings. The fourth-order valence-electron chi connectivity index (χ4n) is 3.27. The van der Waals surface area contributed by atoms with Crippen molar-refractivity contribution in [1.29, 1.82) is 0 Å². The first-order valence-corrected chi connectivity index (χ1v) is 8.33. The van der Waals surface area contributed by atoms with Crippen LogP contribution in [0, 0.1) is 0 Å². The van der Waals surface area contributed by atoms with Gasteiger partial charge in [0.25, 0.3) is 0 Å². The number of nitrogens with zero attached hydrogens (tertiary/aromatic N) is 2. The molecule has 0 radical (unpaired) electrons. The molecule has 1 aliphatic rings. The maximum Gasteiger partial charge on any atom is 0.131 e. The average Bonchev–Trinajstić information content (AvgIpc) is 2.52. The van der Waals surface area contributed by atoms with Gasteiger partial charge in [0.15, 0.2) is 0 Å². The lowest BCUT2D eigenvalue weighted by atomic mass is 9.88. The highest BCUT2D eigenvalue weighted by Crippen LogP contribution is 2.31. The summed E-state index contributed by atoms with van der Waals surface area (Å²) in [6.45, 7) is 5.44. The Kier molecular flexibility index (Phi) is 5.96. The Balaban J connectivity index is 2.30. The highest BCUT2D eigenvalue weighted by molar-refractivity contribution is 5.28. The van der Waals surface area contributed by atoms with E-state index in [-0.39, 0.29) is 0 Å². The van der Waals surface area contributed by atoms with Crippen LogP contribution in [0.1, 0.15) is 74.6 Å². The molecule has 0 aliphatic heterocycles. The Labute approximate surface area is 123 Å². The summed E-state index contributed by atoms with van der Waals surface area (Å²) in [7, 11) is 2.01. The van der Waals surface area contributed by atoms with Crippen LogP contribution in [0.15, 0.2) is 0 Å². The standard InChI is InChI=1S/C17H29N3/c1-4-15-14(11-12-18-3)16(5-2)20-17(19-15)13-9-7-6-8-10-13/h13,18H,4-12H2,1-3H3. The van der Waals surface area contributed by atoms with E-state index < -0.39 is 0 Å². The van der Waals surface area contributed by atoms with E-state index >= 15 is 0 Å². The third-order valence-corrected chi connectivity index (χ3v) is 4.46. The van der Waals surface area contributed by atoms with Gasteiger partial charge in [-0.1, -0.05) is 33.1 Å². The lowest BCUT2D eigenvalue weighted by Crippen LogP contribution is -2.18. The monoisotopic (exact) mass is 275 g/mol.